The molecule has 0 aromatic carbocycles. The molecule has 4 atom stereocenters. The number of ether oxygens (including phenoxy) is 1. The molecule has 7 nitrogen and oxygen atoms in total. The zero-order chi connectivity index (χ0) is 19.8. The third-order valence-corrected chi connectivity index (χ3v) is 4.64. The second kappa shape index (κ2) is 16.4. The Morgan fingerprint density at radius 3 is 1.69 bits per heavy atom. The summed E-state index contributed by atoms with van der Waals surface area (Å²) >= 11 is 0. The van der Waals surface area contributed by atoms with Crippen molar-refractivity contribution in [3.8, 4) is 0 Å². The van der Waals surface area contributed by atoms with E-state index < -0.39 is 24.4 Å². The molecule has 0 bridgehead atoms. The van der Waals surface area contributed by atoms with E-state index in [9.17, 15) is 25.2 Å². The molecule has 0 aliphatic heterocycles. The maximum atomic E-state index is 11.0. The van der Waals surface area contributed by atoms with Crippen molar-refractivity contribution in [2.24, 2.45) is 0 Å². The SMILES string of the molecule is COC(=O)CCCCCCCC(O)C(O)CC(O)C(O)CCCCCO. The molecule has 5 N–H and O–H groups in total. The summed E-state index contributed by atoms with van der Waals surface area (Å²) in [6.45, 7) is 0.120. The number of rotatable bonds is 17. The molecule has 0 aliphatic carbocycles. The largest absolute Gasteiger partial charge is 0.469 e. The van der Waals surface area contributed by atoms with Crippen molar-refractivity contribution in [2.45, 2.75) is 101 Å². The van der Waals surface area contributed by atoms with Crippen LogP contribution in [0.4, 0.5) is 0 Å². The molecule has 4 unspecified atom stereocenters. The first-order chi connectivity index (χ1) is 12.4. The van der Waals surface area contributed by atoms with Crippen LogP contribution in [0.2, 0.25) is 0 Å². The number of aliphatic hydroxyl groups is 5. The first-order valence-corrected chi connectivity index (χ1v) is 9.82. The van der Waals surface area contributed by atoms with Gasteiger partial charge in [-0.1, -0.05) is 38.5 Å². The first-order valence-electron chi connectivity index (χ1n) is 9.82. The van der Waals surface area contributed by atoms with E-state index in [1.54, 1.807) is 0 Å². The van der Waals surface area contributed by atoms with Crippen LogP contribution in [0.5, 0.6) is 0 Å². The number of carbonyl (C=O) groups excluding carboxylic acids is 1. The highest BCUT2D eigenvalue weighted by molar-refractivity contribution is 5.68. The number of hydrogen-bond donors (Lipinski definition) is 5. The first kappa shape index (κ1) is 25.3. The predicted octanol–water partition coefficient (Wildman–Crippen LogP) is 1.28. The van der Waals surface area contributed by atoms with E-state index >= 15 is 0 Å². The van der Waals surface area contributed by atoms with Crippen LogP contribution in [-0.4, -0.2) is 69.6 Å². The highest BCUT2D eigenvalue weighted by Gasteiger charge is 2.24. The average molecular weight is 379 g/mol. The van der Waals surface area contributed by atoms with Gasteiger partial charge in [-0.05, 0) is 25.7 Å². The Bertz CT molecular complexity index is 338. The van der Waals surface area contributed by atoms with Crippen LogP contribution in [0.1, 0.15) is 77.0 Å². The van der Waals surface area contributed by atoms with E-state index in [0.717, 1.165) is 38.5 Å². The number of unbranched alkanes of at least 4 members (excludes halogenated alkanes) is 6. The summed E-state index contributed by atoms with van der Waals surface area (Å²) in [5.74, 6) is -0.197. The molecule has 7 heteroatoms. The van der Waals surface area contributed by atoms with Gasteiger partial charge in [0.15, 0.2) is 0 Å². The molecule has 0 saturated heterocycles. The van der Waals surface area contributed by atoms with Crippen molar-refractivity contribution in [3.63, 3.8) is 0 Å². The van der Waals surface area contributed by atoms with E-state index in [-0.39, 0.29) is 19.0 Å². The molecule has 156 valence electrons. The van der Waals surface area contributed by atoms with Gasteiger partial charge in [-0.25, -0.2) is 0 Å². The summed E-state index contributed by atoms with van der Waals surface area (Å²) in [7, 11) is 1.38. The summed E-state index contributed by atoms with van der Waals surface area (Å²) in [6.07, 6.45) is 3.76. The Balaban J connectivity index is 3.74. The summed E-state index contributed by atoms with van der Waals surface area (Å²) in [5.41, 5.74) is 0. The van der Waals surface area contributed by atoms with Gasteiger partial charge < -0.3 is 30.3 Å². The Morgan fingerprint density at radius 2 is 1.19 bits per heavy atom. The van der Waals surface area contributed by atoms with Crippen molar-refractivity contribution >= 4 is 5.97 Å². The van der Waals surface area contributed by atoms with Crippen LogP contribution in [-0.2, 0) is 9.53 Å². The summed E-state index contributed by atoms with van der Waals surface area (Å²) in [4.78, 5) is 11.0. The fourth-order valence-corrected chi connectivity index (χ4v) is 2.84. The van der Waals surface area contributed by atoms with Crippen LogP contribution in [0.25, 0.3) is 0 Å². The predicted molar refractivity (Wildman–Crippen MR) is 98.5 cm³/mol. The molecule has 0 radical (unpaired) electrons. The molecule has 0 rings (SSSR count). The summed E-state index contributed by atoms with van der Waals surface area (Å²) in [6, 6.07) is 0. The van der Waals surface area contributed by atoms with Crippen molar-refractivity contribution in [1.29, 1.82) is 0 Å². The molecule has 0 fully saturated rings. The second-order valence-corrected chi connectivity index (χ2v) is 6.96. The Labute approximate surface area is 157 Å². The minimum absolute atomic E-state index is 0.0541. The third kappa shape index (κ3) is 13.5. The molecule has 0 aliphatic rings. The monoisotopic (exact) mass is 378 g/mol. The summed E-state index contributed by atoms with van der Waals surface area (Å²) < 4.78 is 4.57. The maximum absolute atomic E-state index is 11.0. The maximum Gasteiger partial charge on any atom is 0.305 e. The minimum Gasteiger partial charge on any atom is -0.469 e. The van der Waals surface area contributed by atoms with E-state index in [2.05, 4.69) is 4.74 Å². The standard InChI is InChI=1S/C19H38O7/c1-26-19(25)12-8-4-2-3-6-10-15(21)17(23)14-18(24)16(22)11-7-5-9-13-20/h15-18,20-24H,2-14H2,1H3. The number of esters is 1. The smallest absolute Gasteiger partial charge is 0.305 e. The topological polar surface area (TPSA) is 127 Å². The van der Waals surface area contributed by atoms with Gasteiger partial charge in [-0.3, -0.25) is 4.79 Å². The highest BCUT2D eigenvalue weighted by Crippen LogP contribution is 2.16. The zero-order valence-electron chi connectivity index (χ0n) is 16.1. The Kier molecular flexibility index (Phi) is 16.0. The van der Waals surface area contributed by atoms with Gasteiger partial charge in [0.2, 0.25) is 0 Å². The number of carbonyl (C=O) groups is 1. The van der Waals surface area contributed by atoms with Crippen LogP contribution in [0.3, 0.4) is 0 Å². The van der Waals surface area contributed by atoms with Crippen molar-refractivity contribution in [1.82, 2.24) is 0 Å². The lowest BCUT2D eigenvalue weighted by Crippen LogP contribution is -2.35. The molecular weight excluding hydrogens is 340 g/mol. The number of aliphatic hydroxyl groups excluding tert-OH is 5. The molecule has 26 heavy (non-hydrogen) atoms. The second-order valence-electron chi connectivity index (χ2n) is 6.96. The van der Waals surface area contributed by atoms with E-state index in [4.69, 9.17) is 5.11 Å². The minimum atomic E-state index is -1.06. The van der Waals surface area contributed by atoms with Gasteiger partial charge in [0.05, 0.1) is 31.5 Å². The molecule has 0 amide bonds. The van der Waals surface area contributed by atoms with E-state index in [0.29, 0.717) is 32.1 Å². The van der Waals surface area contributed by atoms with E-state index in [1.807, 2.05) is 0 Å². The fraction of sp³-hybridized carbons (Fsp3) is 0.947. The van der Waals surface area contributed by atoms with Gasteiger partial charge in [-0.2, -0.15) is 0 Å². The molecular formula is C19H38O7. The summed E-state index contributed by atoms with van der Waals surface area (Å²) in [5, 5.41) is 48.4. The van der Waals surface area contributed by atoms with Gasteiger partial charge in [-0.15, -0.1) is 0 Å². The van der Waals surface area contributed by atoms with Crippen molar-refractivity contribution in [3.05, 3.63) is 0 Å². The molecule has 0 heterocycles. The third-order valence-electron chi connectivity index (χ3n) is 4.64. The van der Waals surface area contributed by atoms with Crippen molar-refractivity contribution in [2.75, 3.05) is 13.7 Å². The normalized spacial score (nSPS) is 16.1. The Morgan fingerprint density at radius 1 is 0.731 bits per heavy atom. The van der Waals surface area contributed by atoms with Gasteiger partial charge in [0.25, 0.3) is 0 Å². The average Bonchev–Trinajstić information content (AvgIpc) is 2.63. The number of methoxy groups -OCH3 is 1. The van der Waals surface area contributed by atoms with Gasteiger partial charge in [0, 0.05) is 19.4 Å². The molecule has 0 spiro atoms. The van der Waals surface area contributed by atoms with Crippen LogP contribution < -0.4 is 0 Å². The van der Waals surface area contributed by atoms with Gasteiger partial charge >= 0.3 is 5.97 Å². The number of hydrogen-bond acceptors (Lipinski definition) is 7. The molecule has 0 saturated carbocycles. The van der Waals surface area contributed by atoms with Crippen LogP contribution >= 0.6 is 0 Å². The highest BCUT2D eigenvalue weighted by atomic mass is 16.5. The van der Waals surface area contributed by atoms with Gasteiger partial charge in [0.1, 0.15) is 0 Å². The molecule has 0 aromatic rings. The van der Waals surface area contributed by atoms with Crippen LogP contribution in [0, 0.1) is 0 Å². The lowest BCUT2D eigenvalue weighted by Gasteiger charge is -2.23. The quantitative estimate of drug-likeness (QED) is 0.190. The van der Waals surface area contributed by atoms with Crippen LogP contribution in [0.15, 0.2) is 0 Å². The lowest BCUT2D eigenvalue weighted by atomic mass is 9.96. The zero-order valence-corrected chi connectivity index (χ0v) is 16.1. The fourth-order valence-electron chi connectivity index (χ4n) is 2.84. The lowest BCUT2D eigenvalue weighted by molar-refractivity contribution is -0.140. The molecule has 0 aromatic heterocycles. The Hall–Kier alpha value is -0.730. The van der Waals surface area contributed by atoms with E-state index in [1.165, 1.54) is 7.11 Å². The van der Waals surface area contributed by atoms with Crippen molar-refractivity contribution < 1.29 is 35.1 Å².